The number of esters is 1. The van der Waals surface area contributed by atoms with E-state index in [1.54, 1.807) is 47.6 Å². The molecule has 174 valence electrons. The molecule has 1 saturated heterocycles. The Kier molecular flexibility index (Phi) is 5.72. The predicted octanol–water partition coefficient (Wildman–Crippen LogP) is 2.55. The molecular weight excluding hydrogens is 460 g/mol. The van der Waals surface area contributed by atoms with Gasteiger partial charge in [-0.05, 0) is 24.3 Å². The Morgan fingerprint density at radius 3 is 2.65 bits per heavy atom. The number of anilines is 2. The summed E-state index contributed by atoms with van der Waals surface area (Å²) in [7, 11) is 1.29. The number of para-hydroxylation sites is 1. The Labute approximate surface area is 197 Å². The van der Waals surface area contributed by atoms with Gasteiger partial charge < -0.3 is 24.3 Å². The maximum atomic E-state index is 12.8. The lowest BCUT2D eigenvalue weighted by Crippen LogP contribution is -2.50. The third-order valence-electron chi connectivity index (χ3n) is 5.43. The van der Waals surface area contributed by atoms with E-state index in [4.69, 9.17) is 9.15 Å². The Morgan fingerprint density at radius 2 is 1.91 bits per heavy atom. The van der Waals surface area contributed by atoms with E-state index in [0.29, 0.717) is 53.4 Å². The van der Waals surface area contributed by atoms with E-state index in [0.717, 1.165) is 0 Å². The first-order valence-corrected chi connectivity index (χ1v) is 11.3. The smallest absolute Gasteiger partial charge is 0.339 e. The molecule has 1 aliphatic heterocycles. The molecule has 1 aromatic carbocycles. The molecule has 1 aliphatic rings. The van der Waals surface area contributed by atoms with Crippen LogP contribution in [0.3, 0.4) is 0 Å². The molecule has 2 amide bonds. The first-order valence-electron chi connectivity index (χ1n) is 10.5. The van der Waals surface area contributed by atoms with E-state index in [1.165, 1.54) is 29.0 Å². The van der Waals surface area contributed by atoms with Gasteiger partial charge >= 0.3 is 12.0 Å². The van der Waals surface area contributed by atoms with Crippen molar-refractivity contribution in [2.45, 2.75) is 0 Å². The van der Waals surface area contributed by atoms with Gasteiger partial charge in [-0.15, -0.1) is 5.10 Å². The van der Waals surface area contributed by atoms with Gasteiger partial charge in [-0.2, -0.15) is 4.52 Å². The molecule has 0 aliphatic carbocycles. The normalized spacial score (nSPS) is 13.8. The van der Waals surface area contributed by atoms with Crippen LogP contribution in [0.25, 0.3) is 15.7 Å². The molecule has 0 spiro atoms. The average molecular weight is 481 g/mol. The van der Waals surface area contributed by atoms with Gasteiger partial charge in [0.25, 0.3) is 5.56 Å². The van der Waals surface area contributed by atoms with E-state index in [-0.39, 0.29) is 17.2 Å². The van der Waals surface area contributed by atoms with Crippen LogP contribution in [-0.4, -0.2) is 64.8 Å². The Morgan fingerprint density at radius 1 is 1.12 bits per heavy atom. The summed E-state index contributed by atoms with van der Waals surface area (Å²) in [5.74, 6) is 0.590. The van der Waals surface area contributed by atoms with Crippen LogP contribution >= 0.6 is 11.3 Å². The Hall–Kier alpha value is -4.19. The van der Waals surface area contributed by atoms with Crippen molar-refractivity contribution in [3.05, 3.63) is 64.6 Å². The maximum absolute atomic E-state index is 12.8. The monoisotopic (exact) mass is 480 g/mol. The number of ether oxygens (including phenoxy) is 1. The van der Waals surface area contributed by atoms with Crippen molar-refractivity contribution in [3.63, 3.8) is 0 Å². The fourth-order valence-electron chi connectivity index (χ4n) is 3.67. The van der Waals surface area contributed by atoms with Crippen LogP contribution in [0, 0.1) is 0 Å². The van der Waals surface area contributed by atoms with Crippen LogP contribution in [0.4, 0.5) is 16.3 Å². The number of amides is 2. The minimum absolute atomic E-state index is 0.284. The number of hydrogen-bond donors (Lipinski definition) is 1. The Balaban J connectivity index is 1.28. The van der Waals surface area contributed by atoms with E-state index in [2.05, 4.69) is 15.4 Å². The van der Waals surface area contributed by atoms with Gasteiger partial charge in [-0.1, -0.05) is 23.5 Å². The number of carbonyl (C=O) groups excluding carboxylic acids is 2. The van der Waals surface area contributed by atoms with E-state index >= 15 is 0 Å². The highest BCUT2D eigenvalue weighted by Crippen LogP contribution is 2.25. The third-order valence-corrected chi connectivity index (χ3v) is 6.35. The number of carbonyl (C=O) groups is 2. The van der Waals surface area contributed by atoms with Crippen molar-refractivity contribution in [1.82, 2.24) is 19.5 Å². The van der Waals surface area contributed by atoms with Gasteiger partial charge in [0, 0.05) is 32.2 Å². The molecule has 0 saturated carbocycles. The number of hydrogen-bond acceptors (Lipinski definition) is 9. The van der Waals surface area contributed by atoms with Crippen molar-refractivity contribution in [1.29, 1.82) is 0 Å². The SMILES string of the molecule is COC(=O)c1ccccc1NC(=O)N1CCN(c2cc(=O)n3nc(-c4ccco4)sc3n2)CC1. The second kappa shape index (κ2) is 8.98. The van der Waals surface area contributed by atoms with Crippen LogP contribution in [0.1, 0.15) is 10.4 Å². The molecule has 12 heteroatoms. The highest BCUT2D eigenvalue weighted by atomic mass is 32.1. The summed E-state index contributed by atoms with van der Waals surface area (Å²) in [4.78, 5) is 46.0. The van der Waals surface area contributed by atoms with Crippen LogP contribution in [0.5, 0.6) is 0 Å². The molecule has 0 atom stereocenters. The summed E-state index contributed by atoms with van der Waals surface area (Å²) in [6.45, 7) is 1.85. The van der Waals surface area contributed by atoms with Crippen molar-refractivity contribution < 1.29 is 18.7 Å². The van der Waals surface area contributed by atoms with E-state index in [9.17, 15) is 14.4 Å². The Bertz CT molecular complexity index is 1400. The zero-order chi connectivity index (χ0) is 23.7. The van der Waals surface area contributed by atoms with Gasteiger partial charge in [-0.3, -0.25) is 4.79 Å². The molecule has 1 fully saturated rings. The van der Waals surface area contributed by atoms with Crippen LogP contribution in [0.15, 0.2) is 57.9 Å². The lowest BCUT2D eigenvalue weighted by atomic mass is 10.2. The summed E-state index contributed by atoms with van der Waals surface area (Å²) in [5, 5.41) is 7.65. The van der Waals surface area contributed by atoms with Crippen LogP contribution < -0.4 is 15.8 Å². The lowest BCUT2D eigenvalue weighted by Gasteiger charge is -2.35. The van der Waals surface area contributed by atoms with Crippen molar-refractivity contribution in [3.8, 4) is 10.8 Å². The number of nitrogens with zero attached hydrogens (tertiary/aromatic N) is 5. The number of furan rings is 1. The van der Waals surface area contributed by atoms with Crippen molar-refractivity contribution >= 4 is 39.8 Å². The molecule has 3 aromatic heterocycles. The van der Waals surface area contributed by atoms with Crippen molar-refractivity contribution in [2.24, 2.45) is 0 Å². The number of fused-ring (bicyclic) bond motifs is 1. The first-order chi connectivity index (χ1) is 16.5. The molecule has 0 bridgehead atoms. The number of methoxy groups -OCH3 is 1. The van der Waals surface area contributed by atoms with Crippen LogP contribution in [-0.2, 0) is 4.74 Å². The van der Waals surface area contributed by atoms with Gasteiger partial charge in [0.05, 0.1) is 24.6 Å². The zero-order valence-corrected chi connectivity index (χ0v) is 18.9. The highest BCUT2D eigenvalue weighted by Gasteiger charge is 2.24. The molecule has 11 nitrogen and oxygen atoms in total. The quantitative estimate of drug-likeness (QED) is 0.442. The molecule has 1 N–H and O–H groups in total. The summed E-state index contributed by atoms with van der Waals surface area (Å²) in [5.41, 5.74) is 0.390. The number of urea groups is 1. The average Bonchev–Trinajstić information content (AvgIpc) is 3.54. The van der Waals surface area contributed by atoms with E-state index in [1.807, 2.05) is 4.90 Å². The van der Waals surface area contributed by atoms with Crippen LogP contribution in [0.2, 0.25) is 0 Å². The summed E-state index contributed by atoms with van der Waals surface area (Å²) in [6.07, 6.45) is 1.55. The molecule has 34 heavy (non-hydrogen) atoms. The summed E-state index contributed by atoms with van der Waals surface area (Å²) in [6, 6.07) is 11.3. The zero-order valence-electron chi connectivity index (χ0n) is 18.1. The molecule has 5 rings (SSSR count). The van der Waals surface area contributed by atoms with Crippen molar-refractivity contribution in [2.75, 3.05) is 43.5 Å². The molecule has 0 unspecified atom stereocenters. The number of rotatable bonds is 4. The van der Waals surface area contributed by atoms with Gasteiger partial charge in [0.2, 0.25) is 4.96 Å². The summed E-state index contributed by atoms with van der Waals surface area (Å²) >= 11 is 1.27. The predicted molar refractivity (Wildman–Crippen MR) is 125 cm³/mol. The third kappa shape index (κ3) is 4.10. The number of aromatic nitrogens is 3. The maximum Gasteiger partial charge on any atom is 0.339 e. The topological polar surface area (TPSA) is 122 Å². The minimum atomic E-state index is -0.522. The number of piperazine rings is 1. The molecule has 0 radical (unpaired) electrons. The standard InChI is InChI=1S/C22H20N6O5S/c1-32-20(30)14-5-2-3-6-15(14)23-21(31)27-10-8-26(9-11-27)17-13-18(29)28-22(24-17)34-19(25-28)16-7-4-12-33-16/h2-7,12-13H,8-11H2,1H3,(H,23,31). The molecular formula is C22H20N6O5S. The minimum Gasteiger partial charge on any atom is -0.465 e. The second-order valence-corrected chi connectivity index (χ2v) is 8.43. The lowest BCUT2D eigenvalue weighted by molar-refractivity contribution is 0.0602. The first kappa shape index (κ1) is 21.6. The second-order valence-electron chi connectivity index (χ2n) is 7.47. The molecule has 4 aromatic rings. The number of benzene rings is 1. The van der Waals surface area contributed by atoms with Gasteiger partial charge in [0.1, 0.15) is 5.82 Å². The molecule has 4 heterocycles. The highest BCUT2D eigenvalue weighted by molar-refractivity contribution is 7.19. The van der Waals surface area contributed by atoms with Gasteiger partial charge in [0.15, 0.2) is 10.8 Å². The number of nitrogens with one attached hydrogen (secondary N) is 1. The van der Waals surface area contributed by atoms with Gasteiger partial charge in [-0.25, -0.2) is 14.6 Å². The van der Waals surface area contributed by atoms with E-state index < -0.39 is 5.97 Å². The summed E-state index contributed by atoms with van der Waals surface area (Å²) < 4.78 is 11.4. The fraction of sp³-hybridized carbons (Fsp3) is 0.227. The largest absolute Gasteiger partial charge is 0.465 e. The fourth-order valence-corrected chi connectivity index (χ4v) is 4.54.